The summed E-state index contributed by atoms with van der Waals surface area (Å²) in [5.74, 6) is 2.80. The summed E-state index contributed by atoms with van der Waals surface area (Å²) in [7, 11) is 0. The van der Waals surface area contributed by atoms with E-state index >= 15 is 0 Å². The lowest BCUT2D eigenvalue weighted by molar-refractivity contribution is 0.176. The quantitative estimate of drug-likeness (QED) is 0.643. The first-order valence-electron chi connectivity index (χ1n) is 10.0. The molecule has 3 aromatic rings. The van der Waals surface area contributed by atoms with Gasteiger partial charge in [-0.3, -0.25) is 9.88 Å². The third-order valence-corrected chi connectivity index (χ3v) is 5.89. The third-order valence-electron chi connectivity index (χ3n) is 5.89. The molecule has 1 saturated heterocycles. The highest BCUT2D eigenvalue weighted by Gasteiger charge is 2.27. The van der Waals surface area contributed by atoms with Crippen LogP contribution in [-0.4, -0.2) is 39.7 Å². The Morgan fingerprint density at radius 1 is 1.23 bits per heavy atom. The second-order valence-corrected chi connectivity index (χ2v) is 7.74. The molecule has 2 aliphatic heterocycles. The molecule has 162 valence electrons. The van der Waals surface area contributed by atoms with E-state index < -0.39 is 0 Å². The Labute approximate surface area is 188 Å². The standard InChI is InChI=1S/C21H25N5O2.2ClH/c1-14-19(18-4-7-22-11-16(18)12-23-14)20-24-21(28-25-20)15-5-8-26(9-6-15)13-17-3-2-10-27-17;;/h2-3,10,12,15,22H,4-9,11,13H2,1H3;2*1H. The van der Waals surface area contributed by atoms with Crippen LogP contribution in [0.2, 0.25) is 0 Å². The molecule has 5 rings (SSSR count). The highest BCUT2D eigenvalue weighted by molar-refractivity contribution is 5.85. The SMILES string of the molecule is Cc1ncc2c(c1-c1noc(C3CCN(Cc4ccco4)CC3)n1)CCNC2.Cl.Cl. The van der Waals surface area contributed by atoms with E-state index in [0.717, 1.165) is 74.9 Å². The number of aromatic nitrogens is 3. The molecular formula is C21H27Cl2N5O2. The predicted molar refractivity (Wildman–Crippen MR) is 118 cm³/mol. The Hall–Kier alpha value is -1.93. The summed E-state index contributed by atoms with van der Waals surface area (Å²) in [6, 6.07) is 3.97. The maximum Gasteiger partial charge on any atom is 0.230 e. The zero-order chi connectivity index (χ0) is 18.9. The summed E-state index contributed by atoms with van der Waals surface area (Å²) in [4.78, 5) is 11.8. The molecule has 1 N–H and O–H groups in total. The van der Waals surface area contributed by atoms with Gasteiger partial charge in [0.05, 0.1) is 12.8 Å². The molecule has 0 aliphatic carbocycles. The molecule has 0 atom stereocenters. The van der Waals surface area contributed by atoms with E-state index in [2.05, 4.69) is 20.4 Å². The smallest absolute Gasteiger partial charge is 0.230 e. The number of rotatable bonds is 4. The fourth-order valence-corrected chi connectivity index (χ4v) is 4.33. The van der Waals surface area contributed by atoms with Crippen molar-refractivity contribution in [2.75, 3.05) is 19.6 Å². The third kappa shape index (κ3) is 4.54. The maximum atomic E-state index is 5.70. The lowest BCUT2D eigenvalue weighted by Crippen LogP contribution is -2.32. The van der Waals surface area contributed by atoms with Gasteiger partial charge in [-0.15, -0.1) is 24.8 Å². The van der Waals surface area contributed by atoms with Crippen LogP contribution in [0.1, 0.15) is 47.2 Å². The fourth-order valence-electron chi connectivity index (χ4n) is 4.33. The second kappa shape index (κ2) is 9.92. The van der Waals surface area contributed by atoms with Crippen LogP contribution in [-0.2, 0) is 19.5 Å². The fraction of sp³-hybridized carbons (Fsp3) is 0.476. The van der Waals surface area contributed by atoms with Crippen LogP contribution in [0.4, 0.5) is 0 Å². The molecule has 30 heavy (non-hydrogen) atoms. The van der Waals surface area contributed by atoms with Crippen LogP contribution in [0.25, 0.3) is 11.4 Å². The molecule has 2 aliphatic rings. The maximum absolute atomic E-state index is 5.70. The summed E-state index contributed by atoms with van der Waals surface area (Å²) in [6.45, 7) is 6.74. The van der Waals surface area contributed by atoms with Crippen LogP contribution in [0.3, 0.4) is 0 Å². The molecule has 9 heteroatoms. The van der Waals surface area contributed by atoms with Crippen LogP contribution in [0.15, 0.2) is 33.5 Å². The van der Waals surface area contributed by atoms with Crippen molar-refractivity contribution in [1.82, 2.24) is 25.3 Å². The average molecular weight is 452 g/mol. The molecule has 0 aromatic carbocycles. The number of halogens is 2. The molecule has 0 radical (unpaired) electrons. The molecule has 7 nitrogen and oxygen atoms in total. The molecule has 0 bridgehead atoms. The van der Waals surface area contributed by atoms with Gasteiger partial charge in [0.25, 0.3) is 0 Å². The predicted octanol–water partition coefficient (Wildman–Crippen LogP) is 3.90. The molecule has 0 saturated carbocycles. The topological polar surface area (TPSA) is 80.2 Å². The van der Waals surface area contributed by atoms with E-state index in [0.29, 0.717) is 11.7 Å². The largest absolute Gasteiger partial charge is 0.468 e. The van der Waals surface area contributed by atoms with Gasteiger partial charge < -0.3 is 14.3 Å². The van der Waals surface area contributed by atoms with Gasteiger partial charge in [0.15, 0.2) is 0 Å². The van der Waals surface area contributed by atoms with Crippen molar-refractivity contribution in [3.05, 3.63) is 53.1 Å². The van der Waals surface area contributed by atoms with Crippen LogP contribution in [0.5, 0.6) is 0 Å². The Morgan fingerprint density at radius 2 is 2.07 bits per heavy atom. The van der Waals surface area contributed by atoms with Crippen molar-refractivity contribution in [3.8, 4) is 11.4 Å². The van der Waals surface area contributed by atoms with E-state index in [1.54, 1.807) is 6.26 Å². The number of nitrogens with one attached hydrogen (secondary N) is 1. The number of nitrogens with zero attached hydrogens (tertiary/aromatic N) is 4. The van der Waals surface area contributed by atoms with E-state index in [1.807, 2.05) is 25.3 Å². The monoisotopic (exact) mass is 451 g/mol. The van der Waals surface area contributed by atoms with Crippen molar-refractivity contribution >= 4 is 24.8 Å². The molecule has 1 fully saturated rings. The summed E-state index contributed by atoms with van der Waals surface area (Å²) in [6.07, 6.45) is 6.73. The first kappa shape index (κ1) is 22.7. The second-order valence-electron chi connectivity index (χ2n) is 7.74. The minimum absolute atomic E-state index is 0. The zero-order valence-electron chi connectivity index (χ0n) is 17.0. The Bertz CT molecular complexity index is 952. The van der Waals surface area contributed by atoms with Crippen LogP contribution >= 0.6 is 24.8 Å². The highest BCUT2D eigenvalue weighted by atomic mass is 35.5. The number of likely N-dealkylation sites (tertiary alicyclic amines) is 1. The van der Waals surface area contributed by atoms with Gasteiger partial charge in [-0.25, -0.2) is 0 Å². The number of furan rings is 1. The van der Waals surface area contributed by atoms with Crippen molar-refractivity contribution in [2.24, 2.45) is 0 Å². The van der Waals surface area contributed by atoms with E-state index in [4.69, 9.17) is 13.9 Å². The lowest BCUT2D eigenvalue weighted by Gasteiger charge is -2.29. The number of fused-ring (bicyclic) bond motifs is 1. The molecule has 0 unspecified atom stereocenters. The van der Waals surface area contributed by atoms with Gasteiger partial charge in [-0.1, -0.05) is 5.16 Å². The van der Waals surface area contributed by atoms with E-state index in [9.17, 15) is 0 Å². The minimum atomic E-state index is 0. The lowest BCUT2D eigenvalue weighted by atomic mass is 9.95. The minimum Gasteiger partial charge on any atom is -0.468 e. The van der Waals surface area contributed by atoms with Crippen molar-refractivity contribution in [2.45, 2.75) is 45.2 Å². The summed E-state index contributed by atoms with van der Waals surface area (Å²) < 4.78 is 11.2. The van der Waals surface area contributed by atoms with Gasteiger partial charge in [0.1, 0.15) is 5.76 Å². The molecule has 3 aromatic heterocycles. The molecule has 0 amide bonds. The number of pyridine rings is 1. The normalized spacial score (nSPS) is 17.1. The first-order chi connectivity index (χ1) is 13.8. The highest BCUT2D eigenvalue weighted by Crippen LogP contribution is 2.32. The van der Waals surface area contributed by atoms with Crippen molar-refractivity contribution < 1.29 is 8.94 Å². The van der Waals surface area contributed by atoms with Gasteiger partial charge >= 0.3 is 0 Å². The van der Waals surface area contributed by atoms with E-state index in [-0.39, 0.29) is 24.8 Å². The summed E-state index contributed by atoms with van der Waals surface area (Å²) in [5.41, 5.74) is 4.59. The Kier molecular flexibility index (Phi) is 7.52. The van der Waals surface area contributed by atoms with Crippen LogP contribution < -0.4 is 5.32 Å². The van der Waals surface area contributed by atoms with Gasteiger partial charge in [-0.2, -0.15) is 4.98 Å². The number of aryl methyl sites for hydroxylation is 1. The molecular weight excluding hydrogens is 425 g/mol. The zero-order valence-corrected chi connectivity index (χ0v) is 18.6. The van der Waals surface area contributed by atoms with Gasteiger partial charge in [0, 0.05) is 29.9 Å². The first-order valence-corrected chi connectivity index (χ1v) is 10.0. The number of piperidine rings is 1. The van der Waals surface area contributed by atoms with Crippen molar-refractivity contribution in [3.63, 3.8) is 0 Å². The van der Waals surface area contributed by atoms with Gasteiger partial charge in [-0.05, 0) is 69.1 Å². The van der Waals surface area contributed by atoms with Crippen LogP contribution in [0, 0.1) is 6.92 Å². The average Bonchev–Trinajstić information content (AvgIpc) is 3.41. The van der Waals surface area contributed by atoms with Gasteiger partial charge in [0.2, 0.25) is 11.7 Å². The summed E-state index contributed by atoms with van der Waals surface area (Å²) >= 11 is 0. The van der Waals surface area contributed by atoms with Crippen molar-refractivity contribution in [1.29, 1.82) is 0 Å². The molecule has 5 heterocycles. The van der Waals surface area contributed by atoms with E-state index in [1.165, 1.54) is 11.1 Å². The summed E-state index contributed by atoms with van der Waals surface area (Å²) in [5, 5.41) is 7.74. The Balaban J connectivity index is 0.00000128. The Morgan fingerprint density at radius 3 is 2.83 bits per heavy atom. The molecule has 0 spiro atoms. The number of hydrogen-bond acceptors (Lipinski definition) is 7. The number of hydrogen-bond donors (Lipinski definition) is 1.